The van der Waals surface area contributed by atoms with E-state index in [4.69, 9.17) is 14.6 Å². The molecule has 1 aliphatic heterocycles. The van der Waals surface area contributed by atoms with E-state index in [9.17, 15) is 12.3 Å². The summed E-state index contributed by atoms with van der Waals surface area (Å²) in [4.78, 5) is 28.3. The van der Waals surface area contributed by atoms with Gasteiger partial charge in [0.05, 0.1) is 22.6 Å². The maximum Gasteiger partial charge on any atom is 0.303 e. The maximum atomic E-state index is 13.9. The largest absolute Gasteiger partial charge is 0.493 e. The van der Waals surface area contributed by atoms with Crippen molar-refractivity contribution in [3.63, 3.8) is 0 Å². The third kappa shape index (κ3) is 9.20. The third-order valence-electron chi connectivity index (χ3n) is 6.63. The van der Waals surface area contributed by atoms with Gasteiger partial charge in [0.25, 0.3) is 5.91 Å². The Labute approximate surface area is 237 Å². The van der Waals surface area contributed by atoms with Gasteiger partial charge in [-0.3, -0.25) is 14.5 Å². The highest BCUT2D eigenvalue weighted by Gasteiger charge is 2.19. The molecule has 208 valence electrons. The SMILES string of the molecule is [2H]C([2H])(c1ccccc1OCCCCCC(=O)O)N(CCCN1CCOCC1)C(=O)c1ccc(-c2ccsc2)cc1. The Morgan fingerprint density at radius 2 is 1.79 bits per heavy atom. The number of nitrogens with zero attached hydrogens (tertiary/aromatic N) is 2. The van der Waals surface area contributed by atoms with Crippen LogP contribution in [-0.4, -0.2) is 72.8 Å². The van der Waals surface area contributed by atoms with Crippen LogP contribution in [0, 0.1) is 0 Å². The first-order valence-corrected chi connectivity index (χ1v) is 14.5. The number of unbranched alkanes of at least 4 members (excludes halogenated alkanes) is 2. The van der Waals surface area contributed by atoms with Crippen LogP contribution in [0.3, 0.4) is 0 Å². The predicted molar refractivity (Wildman–Crippen MR) is 154 cm³/mol. The van der Waals surface area contributed by atoms with Crippen LogP contribution in [0.2, 0.25) is 0 Å². The number of aliphatic carboxylic acids is 1. The standard InChI is InChI=1S/C31H38N2O5S/c34-30(35)9-2-1-5-19-38-29-8-4-3-7-27(29)23-33(16-6-15-32-17-20-37-21-18-32)31(36)26-12-10-25(11-13-26)28-14-22-39-24-28/h3-4,7-8,10-14,22,24H,1-2,5-6,9,15-21,23H2,(H,34,35)/i23D2. The molecule has 8 heteroatoms. The number of carboxylic acid groups (broad SMARTS) is 1. The normalized spacial score (nSPS) is 14.9. The zero-order valence-electron chi connectivity index (χ0n) is 24.2. The molecule has 4 rings (SSSR count). The van der Waals surface area contributed by atoms with Gasteiger partial charge in [-0.2, -0.15) is 11.3 Å². The molecule has 0 radical (unpaired) electrons. The highest BCUT2D eigenvalue weighted by molar-refractivity contribution is 7.08. The van der Waals surface area contributed by atoms with Gasteiger partial charge >= 0.3 is 5.97 Å². The molecular formula is C31H38N2O5S. The van der Waals surface area contributed by atoms with Crippen LogP contribution in [0.15, 0.2) is 65.4 Å². The molecule has 0 saturated carbocycles. The summed E-state index contributed by atoms with van der Waals surface area (Å²) < 4.78 is 29.8. The van der Waals surface area contributed by atoms with Gasteiger partial charge in [0.15, 0.2) is 0 Å². The molecule has 1 N–H and O–H groups in total. The van der Waals surface area contributed by atoms with E-state index in [0.717, 1.165) is 30.8 Å². The van der Waals surface area contributed by atoms with E-state index in [1.165, 1.54) is 4.90 Å². The van der Waals surface area contributed by atoms with Crippen molar-refractivity contribution in [3.05, 3.63) is 76.5 Å². The van der Waals surface area contributed by atoms with E-state index in [2.05, 4.69) is 10.3 Å². The number of para-hydroxylation sites is 1. The molecule has 2 heterocycles. The average Bonchev–Trinajstić information content (AvgIpc) is 3.53. The second-order valence-electron chi connectivity index (χ2n) is 9.51. The molecule has 0 unspecified atom stereocenters. The van der Waals surface area contributed by atoms with Crippen LogP contribution in [0.1, 0.15) is 50.8 Å². The van der Waals surface area contributed by atoms with Gasteiger partial charge in [0.1, 0.15) is 5.75 Å². The van der Waals surface area contributed by atoms with E-state index in [1.807, 2.05) is 23.6 Å². The van der Waals surface area contributed by atoms with Gasteiger partial charge in [0, 0.05) is 50.2 Å². The maximum absolute atomic E-state index is 13.9. The lowest BCUT2D eigenvalue weighted by molar-refractivity contribution is -0.137. The molecule has 0 bridgehead atoms. The minimum atomic E-state index is -2.13. The van der Waals surface area contributed by atoms with E-state index in [-0.39, 0.29) is 18.9 Å². The van der Waals surface area contributed by atoms with Crippen LogP contribution in [0.25, 0.3) is 11.1 Å². The summed E-state index contributed by atoms with van der Waals surface area (Å²) in [6.07, 6.45) is 2.66. The summed E-state index contributed by atoms with van der Waals surface area (Å²) in [5.74, 6) is -0.809. The van der Waals surface area contributed by atoms with Crippen molar-refractivity contribution < 1.29 is 26.9 Å². The minimum absolute atomic E-state index is 0.120. The fraction of sp³-hybridized carbons (Fsp3) is 0.419. The zero-order chi connectivity index (χ0) is 29.1. The number of carbonyl (C=O) groups excluding carboxylic acids is 1. The van der Waals surface area contributed by atoms with Crippen molar-refractivity contribution in [3.8, 4) is 16.9 Å². The third-order valence-corrected chi connectivity index (χ3v) is 7.31. The van der Waals surface area contributed by atoms with Crippen molar-refractivity contribution in [1.82, 2.24) is 9.80 Å². The molecule has 1 fully saturated rings. The summed E-state index contributed by atoms with van der Waals surface area (Å²) in [7, 11) is 0. The van der Waals surface area contributed by atoms with E-state index in [0.29, 0.717) is 62.4 Å². The smallest absolute Gasteiger partial charge is 0.303 e. The van der Waals surface area contributed by atoms with Gasteiger partial charge in [-0.15, -0.1) is 0 Å². The number of hydrogen-bond acceptors (Lipinski definition) is 6. The summed E-state index contributed by atoms with van der Waals surface area (Å²) in [6.45, 7) is 2.20. The first-order valence-electron chi connectivity index (χ1n) is 14.5. The molecule has 0 spiro atoms. The first kappa shape index (κ1) is 26.0. The Morgan fingerprint density at radius 1 is 1.00 bits per heavy atom. The number of benzene rings is 2. The van der Waals surface area contributed by atoms with Crippen molar-refractivity contribution in [2.45, 2.75) is 38.6 Å². The molecule has 0 atom stereocenters. The van der Waals surface area contributed by atoms with E-state index in [1.54, 1.807) is 47.7 Å². The van der Waals surface area contributed by atoms with E-state index < -0.39 is 12.5 Å². The van der Waals surface area contributed by atoms with Gasteiger partial charge < -0.3 is 19.5 Å². The van der Waals surface area contributed by atoms with Crippen LogP contribution in [0.5, 0.6) is 5.75 Å². The molecular weight excluding hydrogens is 512 g/mol. The highest BCUT2D eigenvalue weighted by atomic mass is 32.1. The molecule has 2 aromatic carbocycles. The van der Waals surface area contributed by atoms with Crippen LogP contribution in [-0.2, 0) is 16.0 Å². The highest BCUT2D eigenvalue weighted by Crippen LogP contribution is 2.25. The van der Waals surface area contributed by atoms with Gasteiger partial charge in [0.2, 0.25) is 0 Å². The summed E-state index contributed by atoms with van der Waals surface area (Å²) in [6, 6.07) is 16.3. The van der Waals surface area contributed by atoms with E-state index >= 15 is 0 Å². The summed E-state index contributed by atoms with van der Waals surface area (Å²) in [5, 5.41) is 12.9. The van der Waals surface area contributed by atoms with Crippen molar-refractivity contribution >= 4 is 23.2 Å². The Bertz CT molecular complexity index is 1250. The summed E-state index contributed by atoms with van der Waals surface area (Å²) >= 11 is 1.61. The Kier molecular flexibility index (Phi) is 10.3. The fourth-order valence-corrected chi connectivity index (χ4v) is 5.11. The molecule has 1 aliphatic rings. The lowest BCUT2D eigenvalue weighted by Crippen LogP contribution is -2.39. The number of morpholine rings is 1. The van der Waals surface area contributed by atoms with Crippen molar-refractivity contribution in [1.29, 1.82) is 0 Å². The van der Waals surface area contributed by atoms with Gasteiger partial charge in [-0.25, -0.2) is 0 Å². The van der Waals surface area contributed by atoms with Crippen molar-refractivity contribution in [2.24, 2.45) is 0 Å². The molecule has 1 saturated heterocycles. The Hall–Kier alpha value is -3.20. The summed E-state index contributed by atoms with van der Waals surface area (Å²) in [5.41, 5.74) is 2.81. The molecule has 7 nitrogen and oxygen atoms in total. The number of carbonyl (C=O) groups is 2. The monoisotopic (exact) mass is 552 g/mol. The van der Waals surface area contributed by atoms with Crippen LogP contribution < -0.4 is 4.74 Å². The van der Waals surface area contributed by atoms with Crippen LogP contribution in [0.4, 0.5) is 0 Å². The number of ether oxygens (including phenoxy) is 2. The quantitative estimate of drug-likeness (QED) is 0.240. The molecule has 0 aliphatic carbocycles. The number of hydrogen-bond donors (Lipinski definition) is 1. The zero-order valence-corrected chi connectivity index (χ0v) is 23.0. The Balaban J connectivity index is 1.51. The lowest BCUT2D eigenvalue weighted by atomic mass is 10.1. The molecule has 3 aromatic rings. The molecule has 39 heavy (non-hydrogen) atoms. The Morgan fingerprint density at radius 3 is 2.54 bits per heavy atom. The topological polar surface area (TPSA) is 79.3 Å². The number of thiophene rings is 1. The fourth-order valence-electron chi connectivity index (χ4n) is 4.44. The van der Waals surface area contributed by atoms with Crippen molar-refractivity contribution in [2.75, 3.05) is 46.0 Å². The van der Waals surface area contributed by atoms with Gasteiger partial charge in [-0.05, 0) is 71.8 Å². The average molecular weight is 553 g/mol. The second kappa shape index (κ2) is 15.4. The number of carboxylic acids is 1. The predicted octanol–water partition coefficient (Wildman–Crippen LogP) is 5.80. The lowest BCUT2D eigenvalue weighted by Gasteiger charge is -2.29. The minimum Gasteiger partial charge on any atom is -0.493 e. The van der Waals surface area contributed by atoms with Gasteiger partial charge in [-0.1, -0.05) is 30.3 Å². The second-order valence-corrected chi connectivity index (χ2v) is 10.3. The first-order chi connectivity index (χ1) is 19.9. The number of rotatable bonds is 15. The number of amides is 1. The van der Waals surface area contributed by atoms with Crippen LogP contribution >= 0.6 is 11.3 Å². The molecule has 1 amide bonds. The molecule has 1 aromatic heterocycles.